The third-order valence-corrected chi connectivity index (χ3v) is 4.17. The van der Waals surface area contributed by atoms with E-state index in [1.54, 1.807) is 11.3 Å². The first-order chi connectivity index (χ1) is 10.6. The van der Waals surface area contributed by atoms with Crippen LogP contribution in [0.15, 0.2) is 41.8 Å². The van der Waals surface area contributed by atoms with Gasteiger partial charge in [0.2, 0.25) is 0 Å². The second-order valence-electron chi connectivity index (χ2n) is 4.86. The Balaban J connectivity index is 0.00000264. The molecule has 2 aromatic rings. The summed E-state index contributed by atoms with van der Waals surface area (Å²) in [5.41, 5.74) is 0.0133. The van der Waals surface area contributed by atoms with Crippen LogP contribution in [0.3, 0.4) is 0 Å². The number of thiophene rings is 1. The van der Waals surface area contributed by atoms with E-state index >= 15 is 0 Å². The fourth-order valence-electron chi connectivity index (χ4n) is 1.87. The molecular formula is C15H19ClN2O4S. The smallest absolute Gasteiger partial charge is 0.269 e. The summed E-state index contributed by atoms with van der Waals surface area (Å²) in [7, 11) is 0. The third-order valence-electron chi connectivity index (χ3n) is 3.12. The fourth-order valence-corrected chi connectivity index (χ4v) is 2.63. The van der Waals surface area contributed by atoms with E-state index in [1.165, 1.54) is 29.1 Å². The highest BCUT2D eigenvalue weighted by atomic mass is 35.5. The number of aliphatic hydroxyl groups excluding tert-OH is 1. The second kappa shape index (κ2) is 9.46. The first kappa shape index (κ1) is 19.4. The summed E-state index contributed by atoms with van der Waals surface area (Å²) in [6, 6.07) is 10.00. The third kappa shape index (κ3) is 6.15. The molecule has 1 aromatic heterocycles. The van der Waals surface area contributed by atoms with Crippen LogP contribution in [0.4, 0.5) is 5.69 Å². The molecule has 8 heteroatoms. The predicted molar refractivity (Wildman–Crippen MR) is 92.6 cm³/mol. The van der Waals surface area contributed by atoms with Crippen LogP contribution in [0.25, 0.3) is 0 Å². The van der Waals surface area contributed by atoms with Crippen molar-refractivity contribution in [3.63, 3.8) is 0 Å². The standard InChI is InChI=1S/C15H18N2O4S.ClH/c1-11(15-3-2-8-22-15)16-9-13(18)10-21-14-6-4-12(5-7-14)17(19)20;/h2-8,11,13,16,18H,9-10H2,1H3;1H. The Labute approximate surface area is 144 Å². The highest BCUT2D eigenvalue weighted by molar-refractivity contribution is 7.10. The maximum absolute atomic E-state index is 10.5. The number of nitro groups is 1. The Kier molecular flexibility index (Phi) is 7.97. The Bertz CT molecular complexity index is 592. The summed E-state index contributed by atoms with van der Waals surface area (Å²) in [4.78, 5) is 11.3. The second-order valence-corrected chi connectivity index (χ2v) is 5.84. The molecule has 0 aliphatic heterocycles. The van der Waals surface area contributed by atoms with Gasteiger partial charge in [-0.1, -0.05) is 6.07 Å². The Morgan fingerprint density at radius 2 is 2.04 bits per heavy atom. The van der Waals surface area contributed by atoms with Gasteiger partial charge < -0.3 is 15.2 Å². The number of rotatable bonds is 8. The van der Waals surface area contributed by atoms with E-state index in [-0.39, 0.29) is 30.7 Å². The Morgan fingerprint density at radius 3 is 2.61 bits per heavy atom. The minimum atomic E-state index is -0.655. The van der Waals surface area contributed by atoms with Crippen LogP contribution in [0, 0.1) is 10.1 Å². The number of benzene rings is 1. The molecule has 23 heavy (non-hydrogen) atoms. The molecule has 2 atom stereocenters. The van der Waals surface area contributed by atoms with Gasteiger partial charge in [0, 0.05) is 29.6 Å². The zero-order chi connectivity index (χ0) is 15.9. The summed E-state index contributed by atoms with van der Waals surface area (Å²) < 4.78 is 5.42. The van der Waals surface area contributed by atoms with Gasteiger partial charge in [-0.05, 0) is 30.5 Å². The van der Waals surface area contributed by atoms with Crippen LogP contribution in [0.1, 0.15) is 17.8 Å². The lowest BCUT2D eigenvalue weighted by molar-refractivity contribution is -0.384. The molecule has 0 radical (unpaired) electrons. The van der Waals surface area contributed by atoms with E-state index in [2.05, 4.69) is 5.32 Å². The molecule has 0 spiro atoms. The van der Waals surface area contributed by atoms with Crippen LogP contribution in [-0.4, -0.2) is 29.3 Å². The lowest BCUT2D eigenvalue weighted by Gasteiger charge is -2.16. The molecule has 0 saturated carbocycles. The molecule has 0 fully saturated rings. The van der Waals surface area contributed by atoms with Gasteiger partial charge in [0.1, 0.15) is 18.5 Å². The van der Waals surface area contributed by atoms with Gasteiger partial charge in [-0.3, -0.25) is 10.1 Å². The fraction of sp³-hybridized carbons (Fsp3) is 0.333. The summed E-state index contributed by atoms with van der Waals surface area (Å²) in [5, 5.41) is 25.7. The van der Waals surface area contributed by atoms with E-state index in [4.69, 9.17) is 4.74 Å². The number of nitrogens with zero attached hydrogens (tertiary/aromatic N) is 1. The van der Waals surface area contributed by atoms with Gasteiger partial charge in [0.05, 0.1) is 4.92 Å². The number of hydrogen-bond donors (Lipinski definition) is 2. The highest BCUT2D eigenvalue weighted by Gasteiger charge is 2.11. The van der Waals surface area contributed by atoms with Crippen molar-refractivity contribution in [3.8, 4) is 5.75 Å². The van der Waals surface area contributed by atoms with E-state index in [9.17, 15) is 15.2 Å². The average molecular weight is 359 g/mol. The molecular weight excluding hydrogens is 340 g/mol. The molecule has 2 N–H and O–H groups in total. The molecule has 0 bridgehead atoms. The summed E-state index contributed by atoms with van der Waals surface area (Å²) >= 11 is 1.67. The van der Waals surface area contributed by atoms with E-state index in [0.717, 1.165) is 0 Å². The largest absolute Gasteiger partial charge is 0.491 e. The van der Waals surface area contributed by atoms with E-state index in [0.29, 0.717) is 12.3 Å². The first-order valence-electron chi connectivity index (χ1n) is 6.88. The van der Waals surface area contributed by atoms with Crippen molar-refractivity contribution in [3.05, 3.63) is 56.8 Å². The molecule has 0 amide bonds. The van der Waals surface area contributed by atoms with Gasteiger partial charge in [-0.25, -0.2) is 0 Å². The van der Waals surface area contributed by atoms with Crippen molar-refractivity contribution in [1.82, 2.24) is 5.32 Å². The molecule has 0 saturated heterocycles. The maximum Gasteiger partial charge on any atom is 0.269 e. The molecule has 1 aromatic carbocycles. The topological polar surface area (TPSA) is 84.6 Å². The van der Waals surface area contributed by atoms with Crippen LogP contribution in [-0.2, 0) is 0 Å². The SMILES string of the molecule is CC(NCC(O)COc1ccc([N+](=O)[O-])cc1)c1cccs1.Cl. The van der Waals surface area contributed by atoms with Crippen molar-refractivity contribution in [2.24, 2.45) is 0 Å². The highest BCUT2D eigenvalue weighted by Crippen LogP contribution is 2.19. The van der Waals surface area contributed by atoms with E-state index < -0.39 is 11.0 Å². The summed E-state index contributed by atoms with van der Waals surface area (Å²) in [6.45, 7) is 2.57. The van der Waals surface area contributed by atoms with Crippen molar-refractivity contribution in [2.45, 2.75) is 19.1 Å². The average Bonchev–Trinajstić information content (AvgIpc) is 3.05. The lowest BCUT2D eigenvalue weighted by atomic mass is 10.2. The Morgan fingerprint density at radius 1 is 1.35 bits per heavy atom. The minimum Gasteiger partial charge on any atom is -0.491 e. The maximum atomic E-state index is 10.5. The van der Waals surface area contributed by atoms with Gasteiger partial charge in [-0.15, -0.1) is 23.7 Å². The van der Waals surface area contributed by atoms with Gasteiger partial charge >= 0.3 is 0 Å². The number of ether oxygens (including phenoxy) is 1. The van der Waals surface area contributed by atoms with Crippen molar-refractivity contribution < 1.29 is 14.8 Å². The predicted octanol–water partition coefficient (Wildman–Crippen LogP) is 3.17. The van der Waals surface area contributed by atoms with Crippen LogP contribution in [0.2, 0.25) is 0 Å². The number of non-ortho nitro benzene ring substituents is 1. The molecule has 0 aliphatic rings. The van der Waals surface area contributed by atoms with Crippen molar-refractivity contribution in [1.29, 1.82) is 0 Å². The monoisotopic (exact) mass is 358 g/mol. The first-order valence-corrected chi connectivity index (χ1v) is 7.76. The quantitative estimate of drug-likeness (QED) is 0.559. The molecule has 1 heterocycles. The zero-order valence-corrected chi connectivity index (χ0v) is 14.2. The Hall–Kier alpha value is -1.67. The molecule has 0 aliphatic carbocycles. The molecule has 6 nitrogen and oxygen atoms in total. The number of aliphatic hydroxyl groups is 1. The number of nitro benzene ring substituents is 1. The number of nitrogens with one attached hydrogen (secondary N) is 1. The van der Waals surface area contributed by atoms with Crippen LogP contribution < -0.4 is 10.1 Å². The molecule has 126 valence electrons. The molecule has 2 rings (SSSR count). The van der Waals surface area contributed by atoms with Crippen LogP contribution in [0.5, 0.6) is 5.75 Å². The number of halogens is 1. The van der Waals surface area contributed by atoms with Crippen molar-refractivity contribution >= 4 is 29.4 Å². The minimum absolute atomic E-state index is 0. The van der Waals surface area contributed by atoms with Crippen LogP contribution >= 0.6 is 23.7 Å². The van der Waals surface area contributed by atoms with Gasteiger partial charge in [-0.2, -0.15) is 0 Å². The van der Waals surface area contributed by atoms with Gasteiger partial charge in [0.25, 0.3) is 5.69 Å². The van der Waals surface area contributed by atoms with Gasteiger partial charge in [0.15, 0.2) is 0 Å². The van der Waals surface area contributed by atoms with E-state index in [1.807, 2.05) is 24.4 Å². The summed E-state index contributed by atoms with van der Waals surface area (Å²) in [5.74, 6) is 0.496. The molecule has 2 unspecified atom stereocenters. The number of hydrogen-bond acceptors (Lipinski definition) is 6. The summed E-state index contributed by atoms with van der Waals surface area (Å²) in [6.07, 6.45) is -0.655. The normalized spacial score (nSPS) is 13.0. The van der Waals surface area contributed by atoms with Crippen molar-refractivity contribution in [2.75, 3.05) is 13.2 Å². The zero-order valence-electron chi connectivity index (χ0n) is 12.5. The lowest BCUT2D eigenvalue weighted by Crippen LogP contribution is -2.32.